The quantitative estimate of drug-likeness (QED) is 0.751. The predicted molar refractivity (Wildman–Crippen MR) is 89.1 cm³/mol. The van der Waals surface area contributed by atoms with Gasteiger partial charge in [0.25, 0.3) is 5.91 Å². The number of nitriles is 1. The summed E-state index contributed by atoms with van der Waals surface area (Å²) in [6, 6.07) is 11.9. The number of ether oxygens (including phenoxy) is 1. The molecule has 24 heavy (non-hydrogen) atoms. The van der Waals surface area contributed by atoms with Gasteiger partial charge in [-0.15, -0.1) is 0 Å². The number of benzene rings is 1. The minimum atomic E-state index is -0.882. The van der Waals surface area contributed by atoms with E-state index in [9.17, 15) is 9.59 Å². The fourth-order valence-electron chi connectivity index (χ4n) is 2.62. The van der Waals surface area contributed by atoms with Gasteiger partial charge in [-0.2, -0.15) is 5.26 Å². The zero-order chi connectivity index (χ0) is 17.5. The third kappa shape index (κ3) is 5.27. The molecule has 0 heterocycles. The van der Waals surface area contributed by atoms with Crippen LogP contribution in [0.1, 0.15) is 38.2 Å². The Kier molecular flexibility index (Phi) is 6.19. The van der Waals surface area contributed by atoms with Crippen molar-refractivity contribution in [3.8, 4) is 6.07 Å². The standard InChI is InChI=1S/C18H23N3O3/c1-12(2)10-16(17(22)20-9-8-19)24-18(23)21-15-11-14(15)13-6-4-3-5-7-13/h3-7,12,14-16H,9-11H2,1-2H3,(H,20,22)(H,21,23)/t14-,15+,16-/m0/s1. The lowest BCUT2D eigenvalue weighted by atomic mass is 10.1. The van der Waals surface area contributed by atoms with Gasteiger partial charge >= 0.3 is 6.09 Å². The number of carbonyl (C=O) groups is 2. The molecule has 1 aromatic rings. The van der Waals surface area contributed by atoms with E-state index in [0.717, 1.165) is 6.42 Å². The molecule has 2 amide bonds. The van der Waals surface area contributed by atoms with Crippen LogP contribution >= 0.6 is 0 Å². The first-order chi connectivity index (χ1) is 11.5. The average molecular weight is 329 g/mol. The van der Waals surface area contributed by atoms with Crippen molar-refractivity contribution in [3.05, 3.63) is 35.9 Å². The van der Waals surface area contributed by atoms with Gasteiger partial charge in [0.1, 0.15) is 6.54 Å². The first-order valence-corrected chi connectivity index (χ1v) is 8.18. The van der Waals surface area contributed by atoms with Gasteiger partial charge in [-0.1, -0.05) is 44.2 Å². The molecular weight excluding hydrogens is 306 g/mol. The molecule has 128 valence electrons. The lowest BCUT2D eigenvalue weighted by molar-refractivity contribution is -0.130. The van der Waals surface area contributed by atoms with Crippen molar-refractivity contribution in [2.24, 2.45) is 5.92 Å². The van der Waals surface area contributed by atoms with Crippen LogP contribution in [0.5, 0.6) is 0 Å². The Balaban J connectivity index is 1.84. The summed E-state index contributed by atoms with van der Waals surface area (Å²) in [5, 5.41) is 13.8. The summed E-state index contributed by atoms with van der Waals surface area (Å²) in [7, 11) is 0. The van der Waals surface area contributed by atoms with Gasteiger partial charge in [0, 0.05) is 12.0 Å². The Morgan fingerprint density at radius 3 is 2.67 bits per heavy atom. The molecule has 0 unspecified atom stereocenters. The van der Waals surface area contributed by atoms with Gasteiger partial charge in [-0.3, -0.25) is 4.79 Å². The Labute approximate surface area is 142 Å². The topological polar surface area (TPSA) is 91.2 Å². The molecule has 2 rings (SSSR count). The monoisotopic (exact) mass is 329 g/mol. The van der Waals surface area contributed by atoms with Crippen LogP contribution in [-0.4, -0.2) is 30.7 Å². The molecule has 0 bridgehead atoms. The fourth-order valence-corrected chi connectivity index (χ4v) is 2.62. The van der Waals surface area contributed by atoms with Crippen LogP contribution < -0.4 is 10.6 Å². The van der Waals surface area contributed by atoms with Gasteiger partial charge in [0.05, 0.1) is 6.07 Å². The fraction of sp³-hybridized carbons (Fsp3) is 0.500. The van der Waals surface area contributed by atoms with Crippen LogP contribution in [0, 0.1) is 17.2 Å². The zero-order valence-corrected chi connectivity index (χ0v) is 14.0. The van der Waals surface area contributed by atoms with Crippen LogP contribution in [0.4, 0.5) is 4.79 Å². The molecule has 0 saturated heterocycles. The highest BCUT2D eigenvalue weighted by Gasteiger charge is 2.40. The number of hydrogen-bond donors (Lipinski definition) is 2. The van der Waals surface area contributed by atoms with E-state index >= 15 is 0 Å². The second-order valence-corrected chi connectivity index (χ2v) is 6.40. The number of hydrogen-bond acceptors (Lipinski definition) is 4. The minimum absolute atomic E-state index is 0.0433. The number of rotatable bonds is 7. The summed E-state index contributed by atoms with van der Waals surface area (Å²) < 4.78 is 5.28. The Morgan fingerprint density at radius 2 is 2.04 bits per heavy atom. The lowest BCUT2D eigenvalue weighted by Crippen LogP contribution is -2.41. The van der Waals surface area contributed by atoms with Crippen molar-refractivity contribution < 1.29 is 14.3 Å². The molecule has 0 radical (unpaired) electrons. The summed E-state index contributed by atoms with van der Waals surface area (Å²) in [5.41, 5.74) is 1.19. The molecular formula is C18H23N3O3. The molecule has 1 aliphatic carbocycles. The maximum atomic E-state index is 12.1. The largest absolute Gasteiger partial charge is 0.436 e. The highest BCUT2D eigenvalue weighted by Crippen LogP contribution is 2.40. The second kappa shape index (κ2) is 8.34. The first kappa shape index (κ1) is 17.8. The SMILES string of the molecule is CC(C)C[C@H](OC(=O)N[C@@H]1C[C@H]1c1ccccc1)C(=O)NCC#N. The van der Waals surface area contributed by atoms with Crippen LogP contribution in [0.2, 0.25) is 0 Å². The summed E-state index contributed by atoms with van der Waals surface area (Å²) in [4.78, 5) is 24.1. The van der Waals surface area contributed by atoms with Crippen LogP contribution in [-0.2, 0) is 9.53 Å². The average Bonchev–Trinajstić information content (AvgIpc) is 3.31. The Bertz CT molecular complexity index is 610. The highest BCUT2D eigenvalue weighted by molar-refractivity contribution is 5.83. The zero-order valence-electron chi connectivity index (χ0n) is 14.0. The van der Waals surface area contributed by atoms with Gasteiger partial charge < -0.3 is 15.4 Å². The van der Waals surface area contributed by atoms with E-state index in [1.807, 2.05) is 50.2 Å². The number of nitrogens with zero attached hydrogens (tertiary/aromatic N) is 1. The predicted octanol–water partition coefficient (Wildman–Crippen LogP) is 2.32. The van der Waals surface area contributed by atoms with Crippen LogP contribution in [0.3, 0.4) is 0 Å². The van der Waals surface area contributed by atoms with E-state index < -0.39 is 18.1 Å². The third-order valence-corrected chi connectivity index (χ3v) is 3.89. The molecule has 0 aromatic heterocycles. The number of alkyl carbamates (subject to hydrolysis) is 1. The van der Waals surface area contributed by atoms with Gasteiger partial charge in [0.15, 0.2) is 6.10 Å². The van der Waals surface area contributed by atoms with E-state index in [1.54, 1.807) is 0 Å². The molecule has 0 spiro atoms. The Hall–Kier alpha value is -2.55. The summed E-state index contributed by atoms with van der Waals surface area (Å²) in [5.74, 6) is 0.0548. The van der Waals surface area contributed by atoms with Crippen molar-refractivity contribution in [3.63, 3.8) is 0 Å². The highest BCUT2D eigenvalue weighted by atomic mass is 16.6. The van der Waals surface area contributed by atoms with Crippen LogP contribution in [0.25, 0.3) is 0 Å². The van der Waals surface area contributed by atoms with Crippen LogP contribution in [0.15, 0.2) is 30.3 Å². The first-order valence-electron chi connectivity index (χ1n) is 8.18. The molecule has 1 aromatic carbocycles. The van der Waals surface area contributed by atoms with Gasteiger partial charge in [-0.25, -0.2) is 4.79 Å². The van der Waals surface area contributed by atoms with Gasteiger partial charge in [0.2, 0.25) is 0 Å². The smallest absolute Gasteiger partial charge is 0.408 e. The van der Waals surface area contributed by atoms with E-state index in [4.69, 9.17) is 10.00 Å². The maximum Gasteiger partial charge on any atom is 0.408 e. The van der Waals surface area contributed by atoms with E-state index in [1.165, 1.54) is 5.56 Å². The summed E-state index contributed by atoms with van der Waals surface area (Å²) >= 11 is 0. The number of carbonyl (C=O) groups excluding carboxylic acids is 2. The summed E-state index contributed by atoms with van der Waals surface area (Å²) in [6.45, 7) is 3.79. The molecule has 6 heteroatoms. The molecule has 1 aliphatic rings. The summed E-state index contributed by atoms with van der Waals surface area (Å²) in [6.07, 6.45) is -0.185. The molecule has 1 fully saturated rings. The van der Waals surface area contributed by atoms with Crippen molar-refractivity contribution in [2.45, 2.75) is 44.8 Å². The van der Waals surface area contributed by atoms with E-state index in [-0.39, 0.29) is 18.5 Å². The van der Waals surface area contributed by atoms with Crippen molar-refractivity contribution in [2.75, 3.05) is 6.54 Å². The third-order valence-electron chi connectivity index (χ3n) is 3.89. The van der Waals surface area contributed by atoms with Crippen molar-refractivity contribution in [1.82, 2.24) is 10.6 Å². The minimum Gasteiger partial charge on any atom is -0.436 e. The maximum absolute atomic E-state index is 12.1. The molecule has 0 aliphatic heterocycles. The number of amides is 2. The van der Waals surface area contributed by atoms with E-state index in [0.29, 0.717) is 12.3 Å². The second-order valence-electron chi connectivity index (χ2n) is 6.40. The Morgan fingerprint density at radius 1 is 1.33 bits per heavy atom. The van der Waals surface area contributed by atoms with Crippen molar-refractivity contribution in [1.29, 1.82) is 5.26 Å². The number of nitrogens with one attached hydrogen (secondary N) is 2. The molecule has 1 saturated carbocycles. The van der Waals surface area contributed by atoms with Crippen molar-refractivity contribution >= 4 is 12.0 Å². The molecule has 3 atom stereocenters. The van der Waals surface area contributed by atoms with Gasteiger partial charge in [-0.05, 0) is 24.3 Å². The van der Waals surface area contributed by atoms with E-state index in [2.05, 4.69) is 10.6 Å². The molecule has 6 nitrogen and oxygen atoms in total. The normalized spacial score (nSPS) is 19.9. The molecule has 2 N–H and O–H groups in total. The lowest BCUT2D eigenvalue weighted by Gasteiger charge is -2.19.